The van der Waals surface area contributed by atoms with E-state index in [2.05, 4.69) is 24.8 Å². The van der Waals surface area contributed by atoms with Gasteiger partial charge >= 0.3 is 5.54 Å². The number of carbonyl (C=O) groups excluding carboxylic acids is 1. The van der Waals surface area contributed by atoms with E-state index in [0.717, 1.165) is 5.69 Å². The number of halogens is 1. The van der Waals surface area contributed by atoms with Crippen LogP contribution in [0.3, 0.4) is 0 Å². The Morgan fingerprint density at radius 1 is 1.34 bits per heavy atom. The van der Waals surface area contributed by atoms with Crippen molar-refractivity contribution in [1.82, 2.24) is 24.8 Å². The molecule has 1 atom stereocenters. The van der Waals surface area contributed by atoms with Crippen LogP contribution in [0, 0.1) is 19.3 Å². The summed E-state index contributed by atoms with van der Waals surface area (Å²) in [5.74, 6) is -0.371. The number of nitrogens with one attached hydrogen (secondary N) is 1. The second kappa shape index (κ2) is 7.02. The zero-order chi connectivity index (χ0) is 22.6. The average molecular weight is 434 g/mol. The number of imidazole rings is 1. The molecule has 1 amide bonds. The summed E-state index contributed by atoms with van der Waals surface area (Å²) < 4.78 is 25.3. The van der Waals surface area contributed by atoms with Crippen LogP contribution in [0.2, 0.25) is 0 Å². The van der Waals surface area contributed by atoms with Crippen LogP contribution in [-0.2, 0) is 12.0 Å². The fourth-order valence-electron chi connectivity index (χ4n) is 3.82. The van der Waals surface area contributed by atoms with E-state index in [4.69, 9.17) is 15.4 Å². The smallest absolute Gasteiger partial charge is 0.301 e. The van der Waals surface area contributed by atoms with Gasteiger partial charge in [0, 0.05) is 38.6 Å². The van der Waals surface area contributed by atoms with E-state index in [1.54, 1.807) is 32.0 Å². The highest BCUT2D eigenvalue weighted by Crippen LogP contribution is 2.36. The van der Waals surface area contributed by atoms with Crippen molar-refractivity contribution >= 4 is 17.0 Å². The molecule has 9 nitrogen and oxygen atoms in total. The summed E-state index contributed by atoms with van der Waals surface area (Å²) in [6, 6.07) is 3.34. The van der Waals surface area contributed by atoms with Crippen LogP contribution in [-0.4, -0.2) is 37.3 Å². The van der Waals surface area contributed by atoms with E-state index in [1.165, 1.54) is 18.2 Å². The predicted octanol–water partition coefficient (Wildman–Crippen LogP) is 3.93. The zero-order valence-electron chi connectivity index (χ0n) is 17.6. The van der Waals surface area contributed by atoms with E-state index < -0.39 is 23.3 Å². The van der Waals surface area contributed by atoms with Crippen molar-refractivity contribution < 1.29 is 18.0 Å². The summed E-state index contributed by atoms with van der Waals surface area (Å²) in [5, 5.41) is 0. The fraction of sp³-hybridized carbons (Fsp3) is 0.318. The van der Waals surface area contributed by atoms with Crippen LogP contribution in [0.4, 0.5) is 4.39 Å². The number of carbonyl (C=O) groups is 1. The van der Waals surface area contributed by atoms with Crippen molar-refractivity contribution in [3.8, 4) is 0 Å². The number of oxazole rings is 2. The summed E-state index contributed by atoms with van der Waals surface area (Å²) in [7, 11) is 0. The molecule has 1 aliphatic heterocycles. The second-order valence-corrected chi connectivity index (χ2v) is 8.19. The summed E-state index contributed by atoms with van der Waals surface area (Å²) in [4.78, 5) is 34.9. The Balaban J connectivity index is 1.60. The maximum absolute atomic E-state index is 13.7. The number of fused-ring (bicyclic) bond motifs is 2. The van der Waals surface area contributed by atoms with Gasteiger partial charge in [-0.05, 0) is 19.1 Å². The Kier molecular flexibility index (Phi) is 4.37. The molecule has 0 spiro atoms. The molecule has 0 aliphatic carbocycles. The summed E-state index contributed by atoms with van der Waals surface area (Å²) in [6.07, 6.45) is 2.12. The molecule has 10 heteroatoms. The summed E-state index contributed by atoms with van der Waals surface area (Å²) in [6.45, 7) is 12.7. The molecule has 4 aromatic rings. The van der Waals surface area contributed by atoms with E-state index in [-0.39, 0.29) is 17.5 Å². The molecule has 0 saturated heterocycles. The number of hydrogen-bond donors (Lipinski definition) is 1. The molecule has 0 bridgehead atoms. The molecular formula is C22H19FN6O3. The largest absolute Gasteiger partial charge is 0.438 e. The number of aromatic amines is 1. The molecule has 162 valence electrons. The predicted molar refractivity (Wildman–Crippen MR) is 110 cm³/mol. The van der Waals surface area contributed by atoms with Crippen LogP contribution >= 0.6 is 0 Å². The first-order valence-electron chi connectivity index (χ1n) is 10.0. The SMILES string of the molecule is [C-]#[N+]C(C)(C)c1nc(C)c(C(=O)N2CCc3[nH]cnc3[C@H]2c2nc3cc(F)ccc3o2)o1. The van der Waals surface area contributed by atoms with Gasteiger partial charge in [0.2, 0.25) is 11.7 Å². The first-order valence-corrected chi connectivity index (χ1v) is 10.0. The average Bonchev–Trinajstić information content (AvgIpc) is 3.49. The lowest BCUT2D eigenvalue weighted by atomic mass is 10.0. The molecule has 1 aliphatic rings. The number of aryl methyl sites for hydroxylation is 1. The molecule has 0 unspecified atom stereocenters. The van der Waals surface area contributed by atoms with Crippen LogP contribution in [0.1, 0.15) is 59.3 Å². The third kappa shape index (κ3) is 3.05. The van der Waals surface area contributed by atoms with Gasteiger partial charge in [0.05, 0.1) is 17.7 Å². The van der Waals surface area contributed by atoms with Gasteiger partial charge in [0.15, 0.2) is 11.6 Å². The molecule has 0 fully saturated rings. The molecule has 0 saturated carbocycles. The minimum atomic E-state index is -0.996. The molecular weight excluding hydrogens is 415 g/mol. The molecule has 4 heterocycles. The highest BCUT2D eigenvalue weighted by Gasteiger charge is 2.41. The zero-order valence-corrected chi connectivity index (χ0v) is 17.6. The van der Waals surface area contributed by atoms with E-state index in [9.17, 15) is 9.18 Å². The van der Waals surface area contributed by atoms with E-state index >= 15 is 0 Å². The molecule has 0 radical (unpaired) electrons. The number of benzene rings is 1. The minimum absolute atomic E-state index is 0.0582. The van der Waals surface area contributed by atoms with Crippen molar-refractivity contribution in [3.63, 3.8) is 0 Å². The number of rotatable bonds is 3. The lowest BCUT2D eigenvalue weighted by molar-refractivity contribution is 0.0630. The highest BCUT2D eigenvalue weighted by molar-refractivity contribution is 5.93. The molecule has 5 rings (SSSR count). The summed E-state index contributed by atoms with van der Waals surface area (Å²) >= 11 is 0. The summed E-state index contributed by atoms with van der Waals surface area (Å²) in [5.41, 5.74) is 1.64. The van der Waals surface area contributed by atoms with Gasteiger partial charge in [-0.2, -0.15) is 0 Å². The lowest BCUT2D eigenvalue weighted by Gasteiger charge is -2.32. The van der Waals surface area contributed by atoms with Crippen LogP contribution < -0.4 is 0 Å². The van der Waals surface area contributed by atoms with Gasteiger partial charge in [0.1, 0.15) is 11.3 Å². The standard InChI is InChI=1S/C22H19FN6O3/c1-11-18(32-21(27-11)22(2,3)24-4)20(30)29-8-7-13-16(26-10-25-13)17(29)19-28-14-9-12(23)5-6-15(14)31-19/h5-6,9-10,17H,7-8H2,1-3H3,(H,25,26)/t17-/m0/s1. The Morgan fingerprint density at radius 2 is 2.16 bits per heavy atom. The van der Waals surface area contributed by atoms with Crippen molar-refractivity contribution in [1.29, 1.82) is 0 Å². The maximum atomic E-state index is 13.7. The van der Waals surface area contributed by atoms with Crippen LogP contribution in [0.5, 0.6) is 0 Å². The highest BCUT2D eigenvalue weighted by atomic mass is 19.1. The van der Waals surface area contributed by atoms with Gasteiger partial charge in [-0.1, -0.05) is 0 Å². The number of nitrogens with zero attached hydrogens (tertiary/aromatic N) is 5. The third-order valence-corrected chi connectivity index (χ3v) is 5.58. The monoisotopic (exact) mass is 434 g/mol. The van der Waals surface area contributed by atoms with Crippen molar-refractivity contribution in [3.05, 3.63) is 76.4 Å². The Labute approximate surface area is 182 Å². The lowest BCUT2D eigenvalue weighted by Crippen LogP contribution is -2.41. The topological polar surface area (TPSA) is 105 Å². The van der Waals surface area contributed by atoms with Gasteiger partial charge < -0.3 is 23.6 Å². The van der Waals surface area contributed by atoms with Crippen LogP contribution in [0.25, 0.3) is 15.9 Å². The van der Waals surface area contributed by atoms with Gasteiger partial charge in [-0.25, -0.2) is 25.9 Å². The van der Waals surface area contributed by atoms with Crippen molar-refractivity contribution in [2.75, 3.05) is 6.54 Å². The maximum Gasteiger partial charge on any atom is 0.301 e. The Morgan fingerprint density at radius 3 is 2.94 bits per heavy atom. The Bertz CT molecular complexity index is 1390. The van der Waals surface area contributed by atoms with Crippen LogP contribution in [0.15, 0.2) is 33.4 Å². The molecule has 32 heavy (non-hydrogen) atoms. The first-order chi connectivity index (χ1) is 15.3. The number of H-pyrrole nitrogens is 1. The molecule has 3 aromatic heterocycles. The fourth-order valence-corrected chi connectivity index (χ4v) is 3.82. The minimum Gasteiger partial charge on any atom is -0.438 e. The first kappa shape index (κ1) is 19.9. The van der Waals surface area contributed by atoms with Crippen molar-refractivity contribution in [2.45, 2.75) is 38.8 Å². The quantitative estimate of drug-likeness (QED) is 0.490. The van der Waals surface area contributed by atoms with E-state index in [1.807, 2.05) is 0 Å². The van der Waals surface area contributed by atoms with Gasteiger partial charge in [-0.3, -0.25) is 4.79 Å². The van der Waals surface area contributed by atoms with Crippen molar-refractivity contribution in [2.24, 2.45) is 0 Å². The molecule has 1 aromatic carbocycles. The number of amides is 1. The van der Waals surface area contributed by atoms with Gasteiger partial charge in [0.25, 0.3) is 11.8 Å². The number of aromatic nitrogens is 4. The number of hydrogen-bond acceptors (Lipinski definition) is 6. The third-order valence-electron chi connectivity index (χ3n) is 5.58. The normalized spacial score (nSPS) is 16.2. The Hall–Kier alpha value is -4.00. The molecule has 1 N–H and O–H groups in total. The second-order valence-electron chi connectivity index (χ2n) is 8.19. The van der Waals surface area contributed by atoms with Gasteiger partial charge in [-0.15, -0.1) is 0 Å². The van der Waals surface area contributed by atoms with E-state index in [0.29, 0.717) is 35.5 Å².